The highest BCUT2D eigenvalue weighted by Gasteiger charge is 2.27. The zero-order valence-corrected chi connectivity index (χ0v) is 11.8. The van der Waals surface area contributed by atoms with Gasteiger partial charge in [-0.3, -0.25) is 4.68 Å². The molecule has 1 aromatic heterocycles. The van der Waals surface area contributed by atoms with Crippen molar-refractivity contribution in [2.24, 2.45) is 0 Å². The lowest BCUT2D eigenvalue weighted by Gasteiger charge is -2.33. The Hall–Kier alpha value is -1.46. The molecule has 0 aromatic carbocycles. The fraction of sp³-hybridized carbons (Fsp3) is 0.692. The fourth-order valence-corrected chi connectivity index (χ4v) is 2.20. The maximum atomic E-state index is 11.9. The van der Waals surface area contributed by atoms with Crippen LogP contribution >= 0.6 is 0 Å². The first-order valence-corrected chi connectivity index (χ1v) is 6.64. The van der Waals surface area contributed by atoms with Crippen molar-refractivity contribution in [2.75, 3.05) is 13.1 Å². The topological polar surface area (TPSA) is 47.4 Å². The number of carbonyl (C=O) groups excluding carboxylic acids is 1. The number of piperidine rings is 1. The van der Waals surface area contributed by atoms with E-state index in [2.05, 4.69) is 5.10 Å². The van der Waals surface area contributed by atoms with Crippen molar-refractivity contribution >= 4 is 19.5 Å². The summed E-state index contributed by atoms with van der Waals surface area (Å²) in [5.74, 6) is 0. The first kappa shape index (κ1) is 14.0. The number of rotatable bonds is 1. The molecule has 2 radical (unpaired) electrons. The van der Waals surface area contributed by atoms with Crippen LogP contribution in [0.2, 0.25) is 0 Å². The highest BCUT2D eigenvalue weighted by Crippen LogP contribution is 2.22. The van der Waals surface area contributed by atoms with E-state index in [4.69, 9.17) is 12.6 Å². The lowest BCUT2D eigenvalue weighted by Crippen LogP contribution is -2.42. The summed E-state index contributed by atoms with van der Waals surface area (Å²) in [6.45, 7) is 7.02. The van der Waals surface area contributed by atoms with Crippen LogP contribution in [0, 0.1) is 0 Å². The minimum Gasteiger partial charge on any atom is -0.444 e. The predicted molar refractivity (Wildman–Crippen MR) is 73.7 cm³/mol. The van der Waals surface area contributed by atoms with Crippen LogP contribution in [0.4, 0.5) is 4.79 Å². The zero-order chi connectivity index (χ0) is 14.0. The molecule has 1 aliphatic rings. The van der Waals surface area contributed by atoms with E-state index < -0.39 is 5.60 Å². The van der Waals surface area contributed by atoms with Gasteiger partial charge in [0.05, 0.1) is 6.04 Å². The molecule has 1 aliphatic heterocycles. The molecular formula is C13H20BN3O2. The zero-order valence-electron chi connectivity index (χ0n) is 11.8. The Labute approximate surface area is 115 Å². The highest BCUT2D eigenvalue weighted by molar-refractivity contribution is 6.30. The molecule has 0 saturated carbocycles. The van der Waals surface area contributed by atoms with Gasteiger partial charge in [-0.25, -0.2) is 4.79 Å². The molecule has 1 saturated heterocycles. The highest BCUT2D eigenvalue weighted by atomic mass is 16.6. The Morgan fingerprint density at radius 1 is 1.42 bits per heavy atom. The molecule has 1 fully saturated rings. The van der Waals surface area contributed by atoms with E-state index in [-0.39, 0.29) is 6.09 Å². The number of carbonyl (C=O) groups is 1. The maximum Gasteiger partial charge on any atom is 0.410 e. The van der Waals surface area contributed by atoms with Gasteiger partial charge >= 0.3 is 6.09 Å². The quantitative estimate of drug-likeness (QED) is 0.715. The van der Waals surface area contributed by atoms with E-state index in [1.54, 1.807) is 11.0 Å². The van der Waals surface area contributed by atoms with Crippen molar-refractivity contribution in [2.45, 2.75) is 45.3 Å². The van der Waals surface area contributed by atoms with Crippen LogP contribution in [-0.2, 0) is 4.74 Å². The Bertz CT molecular complexity index is 445. The van der Waals surface area contributed by atoms with Gasteiger partial charge < -0.3 is 9.64 Å². The Balaban J connectivity index is 1.87. The Kier molecular flexibility index (Phi) is 3.87. The number of amides is 1. The van der Waals surface area contributed by atoms with E-state index in [1.165, 1.54) is 0 Å². The average Bonchev–Trinajstić information content (AvgIpc) is 2.74. The molecule has 6 heteroatoms. The van der Waals surface area contributed by atoms with E-state index in [9.17, 15) is 4.79 Å². The first-order chi connectivity index (χ1) is 8.85. The third-order valence-corrected chi connectivity index (χ3v) is 3.12. The van der Waals surface area contributed by atoms with E-state index in [0.717, 1.165) is 12.8 Å². The monoisotopic (exact) mass is 261 g/mol. The first-order valence-electron chi connectivity index (χ1n) is 6.64. The fourth-order valence-electron chi connectivity index (χ4n) is 2.20. The van der Waals surface area contributed by atoms with Gasteiger partial charge in [0.2, 0.25) is 0 Å². The summed E-state index contributed by atoms with van der Waals surface area (Å²) >= 11 is 0. The molecule has 0 spiro atoms. The van der Waals surface area contributed by atoms with Crippen LogP contribution in [0.3, 0.4) is 0 Å². The molecule has 0 N–H and O–H groups in total. The summed E-state index contributed by atoms with van der Waals surface area (Å²) in [7, 11) is 5.61. The SMILES string of the molecule is [B]c1ccn(C2CCN(C(=O)OC(C)(C)C)CC2)n1. The largest absolute Gasteiger partial charge is 0.444 e. The average molecular weight is 261 g/mol. The molecule has 2 rings (SSSR count). The van der Waals surface area contributed by atoms with Gasteiger partial charge in [-0.15, -0.1) is 0 Å². The Morgan fingerprint density at radius 2 is 2.05 bits per heavy atom. The van der Waals surface area contributed by atoms with Crippen LogP contribution < -0.4 is 5.59 Å². The molecule has 19 heavy (non-hydrogen) atoms. The molecule has 2 heterocycles. The summed E-state index contributed by atoms with van der Waals surface area (Å²) in [6.07, 6.45) is 3.41. The summed E-state index contributed by atoms with van der Waals surface area (Å²) in [5.41, 5.74) is 0.0965. The van der Waals surface area contributed by atoms with E-state index in [0.29, 0.717) is 24.7 Å². The van der Waals surface area contributed by atoms with E-state index >= 15 is 0 Å². The van der Waals surface area contributed by atoms with Gasteiger partial charge in [0.15, 0.2) is 0 Å². The normalized spacial score (nSPS) is 17.5. The van der Waals surface area contributed by atoms with Crippen molar-refractivity contribution in [1.82, 2.24) is 14.7 Å². The van der Waals surface area contributed by atoms with Crippen molar-refractivity contribution in [3.63, 3.8) is 0 Å². The van der Waals surface area contributed by atoms with Gasteiger partial charge in [-0.1, -0.05) is 0 Å². The van der Waals surface area contributed by atoms with Crippen molar-refractivity contribution in [3.8, 4) is 0 Å². The maximum absolute atomic E-state index is 11.9. The second-order valence-corrected chi connectivity index (χ2v) is 5.92. The molecule has 102 valence electrons. The van der Waals surface area contributed by atoms with Gasteiger partial charge in [0, 0.05) is 24.9 Å². The van der Waals surface area contributed by atoms with Crippen LogP contribution in [0.1, 0.15) is 39.7 Å². The van der Waals surface area contributed by atoms with Crippen molar-refractivity contribution in [1.29, 1.82) is 0 Å². The lowest BCUT2D eigenvalue weighted by molar-refractivity contribution is 0.0185. The number of nitrogens with zero attached hydrogens (tertiary/aromatic N) is 3. The van der Waals surface area contributed by atoms with Gasteiger partial charge in [-0.05, 0) is 39.7 Å². The molecule has 1 aromatic rings. The van der Waals surface area contributed by atoms with Gasteiger partial charge in [0.1, 0.15) is 13.4 Å². The smallest absolute Gasteiger partial charge is 0.410 e. The van der Waals surface area contributed by atoms with Crippen LogP contribution in [0.5, 0.6) is 0 Å². The third kappa shape index (κ3) is 3.75. The van der Waals surface area contributed by atoms with E-state index in [1.807, 2.05) is 31.6 Å². The van der Waals surface area contributed by atoms with Crippen LogP contribution in [0.15, 0.2) is 12.3 Å². The number of hydrogen-bond acceptors (Lipinski definition) is 3. The third-order valence-electron chi connectivity index (χ3n) is 3.12. The predicted octanol–water partition coefficient (Wildman–Crippen LogP) is 1.25. The summed E-state index contributed by atoms with van der Waals surface area (Å²) < 4.78 is 7.26. The molecule has 1 amide bonds. The second-order valence-electron chi connectivity index (χ2n) is 5.92. The number of ether oxygens (including phenoxy) is 1. The number of hydrogen-bond donors (Lipinski definition) is 0. The molecule has 0 bridgehead atoms. The molecule has 0 aliphatic carbocycles. The Morgan fingerprint density at radius 3 is 2.53 bits per heavy atom. The van der Waals surface area contributed by atoms with Crippen molar-refractivity contribution < 1.29 is 9.53 Å². The summed E-state index contributed by atoms with van der Waals surface area (Å²) in [4.78, 5) is 13.7. The summed E-state index contributed by atoms with van der Waals surface area (Å²) in [5, 5.41) is 4.22. The van der Waals surface area contributed by atoms with Crippen molar-refractivity contribution in [3.05, 3.63) is 12.3 Å². The minimum atomic E-state index is -0.440. The lowest BCUT2D eigenvalue weighted by atomic mass is 10.1. The standard InChI is InChI=1S/C13H20BN3O2/c1-13(2,3)19-12(18)16-7-4-10(5-8-16)17-9-6-11(14)15-17/h6,9-10H,4-5,7-8H2,1-3H3. The summed E-state index contributed by atoms with van der Waals surface area (Å²) in [6, 6.07) is 2.11. The van der Waals surface area contributed by atoms with Gasteiger partial charge in [0.25, 0.3) is 0 Å². The molecule has 5 nitrogen and oxygen atoms in total. The van der Waals surface area contributed by atoms with Crippen LogP contribution in [0.25, 0.3) is 0 Å². The minimum absolute atomic E-state index is 0.231. The second kappa shape index (κ2) is 5.27. The molecular weight excluding hydrogens is 241 g/mol. The number of likely N-dealkylation sites (tertiary alicyclic amines) is 1. The molecule has 0 unspecified atom stereocenters. The van der Waals surface area contributed by atoms with Gasteiger partial charge in [-0.2, -0.15) is 5.10 Å². The molecule has 0 atom stereocenters. The van der Waals surface area contributed by atoms with Crippen LogP contribution in [-0.4, -0.2) is 47.3 Å². The number of aromatic nitrogens is 2.